The van der Waals surface area contributed by atoms with Gasteiger partial charge in [-0.3, -0.25) is 4.79 Å². The Morgan fingerprint density at radius 3 is 2.90 bits per heavy atom. The third-order valence-electron chi connectivity index (χ3n) is 3.73. The first kappa shape index (κ1) is 13.4. The lowest BCUT2D eigenvalue weighted by Gasteiger charge is -2.16. The van der Waals surface area contributed by atoms with Crippen LogP contribution in [-0.4, -0.2) is 34.2 Å². The molecule has 1 fully saturated rings. The molecule has 3 atom stereocenters. The number of hydrogen-bond acceptors (Lipinski definition) is 3. The zero-order valence-electron chi connectivity index (χ0n) is 10.8. The summed E-state index contributed by atoms with van der Waals surface area (Å²) < 4.78 is 0. The number of aromatic amines is 1. The maximum atomic E-state index is 12.2. The van der Waals surface area contributed by atoms with Gasteiger partial charge < -0.3 is 21.1 Å². The second-order valence-corrected chi connectivity index (χ2v) is 5.72. The molecule has 5 nitrogen and oxygen atoms in total. The highest BCUT2D eigenvalue weighted by molar-refractivity contribution is 6.31. The Labute approximate surface area is 121 Å². The Hall–Kier alpha value is -1.56. The molecule has 20 heavy (non-hydrogen) atoms. The lowest BCUT2D eigenvalue weighted by molar-refractivity contribution is 0.0927. The molecule has 1 aliphatic carbocycles. The highest BCUT2D eigenvalue weighted by atomic mass is 35.5. The van der Waals surface area contributed by atoms with Crippen LogP contribution < -0.4 is 11.1 Å². The van der Waals surface area contributed by atoms with Gasteiger partial charge in [0.1, 0.15) is 5.69 Å². The van der Waals surface area contributed by atoms with Crippen molar-refractivity contribution >= 4 is 28.4 Å². The average molecular weight is 294 g/mol. The van der Waals surface area contributed by atoms with E-state index in [4.69, 9.17) is 17.3 Å². The summed E-state index contributed by atoms with van der Waals surface area (Å²) in [6.45, 7) is 0. The molecular formula is C14H16ClN3O2. The van der Waals surface area contributed by atoms with Crippen molar-refractivity contribution in [3.8, 4) is 0 Å². The van der Waals surface area contributed by atoms with Gasteiger partial charge in [-0.05, 0) is 37.1 Å². The Morgan fingerprint density at radius 2 is 2.20 bits per heavy atom. The van der Waals surface area contributed by atoms with E-state index in [-0.39, 0.29) is 18.0 Å². The fourth-order valence-corrected chi connectivity index (χ4v) is 2.86. The van der Waals surface area contributed by atoms with Crippen LogP contribution >= 0.6 is 11.6 Å². The Bertz CT molecular complexity index is 655. The Morgan fingerprint density at radius 1 is 1.40 bits per heavy atom. The molecule has 0 radical (unpaired) electrons. The SMILES string of the molecule is N[C@@H]1CC(O)C[C@H]1NC(=O)c1cc2cc(Cl)ccc2[nH]1. The van der Waals surface area contributed by atoms with Crippen LogP contribution in [0.2, 0.25) is 5.02 Å². The summed E-state index contributed by atoms with van der Waals surface area (Å²) in [6.07, 6.45) is 0.587. The predicted octanol–water partition coefficient (Wildman–Crippen LogP) is 1.40. The summed E-state index contributed by atoms with van der Waals surface area (Å²) in [5.74, 6) is -0.216. The number of aromatic nitrogens is 1. The topological polar surface area (TPSA) is 91.1 Å². The number of rotatable bonds is 2. The summed E-state index contributed by atoms with van der Waals surface area (Å²) in [5.41, 5.74) is 7.21. The number of nitrogens with two attached hydrogens (primary N) is 1. The number of aliphatic hydroxyl groups excluding tert-OH is 1. The number of nitrogens with one attached hydrogen (secondary N) is 2. The van der Waals surface area contributed by atoms with Gasteiger partial charge in [0.25, 0.3) is 5.91 Å². The van der Waals surface area contributed by atoms with Crippen molar-refractivity contribution in [1.29, 1.82) is 0 Å². The van der Waals surface area contributed by atoms with Crippen molar-refractivity contribution in [3.05, 3.63) is 35.0 Å². The average Bonchev–Trinajstić information content (AvgIpc) is 2.92. The van der Waals surface area contributed by atoms with Crippen LogP contribution in [0.3, 0.4) is 0 Å². The van der Waals surface area contributed by atoms with Crippen molar-refractivity contribution in [2.45, 2.75) is 31.0 Å². The van der Waals surface area contributed by atoms with Crippen LogP contribution in [0.15, 0.2) is 24.3 Å². The second kappa shape index (κ2) is 5.09. The van der Waals surface area contributed by atoms with Crippen molar-refractivity contribution < 1.29 is 9.90 Å². The molecule has 0 aliphatic heterocycles. The quantitative estimate of drug-likeness (QED) is 0.674. The van der Waals surface area contributed by atoms with Crippen LogP contribution in [-0.2, 0) is 0 Å². The fourth-order valence-electron chi connectivity index (χ4n) is 2.68. The van der Waals surface area contributed by atoms with E-state index in [2.05, 4.69) is 10.3 Å². The van der Waals surface area contributed by atoms with Gasteiger partial charge >= 0.3 is 0 Å². The van der Waals surface area contributed by atoms with Crippen molar-refractivity contribution in [2.75, 3.05) is 0 Å². The van der Waals surface area contributed by atoms with Crippen LogP contribution in [0.1, 0.15) is 23.3 Å². The number of amides is 1. The molecule has 6 heteroatoms. The summed E-state index contributed by atoms with van der Waals surface area (Å²) in [7, 11) is 0. The zero-order valence-corrected chi connectivity index (χ0v) is 11.5. The van der Waals surface area contributed by atoms with Crippen LogP contribution in [0, 0.1) is 0 Å². The maximum absolute atomic E-state index is 12.2. The molecule has 1 amide bonds. The Kier molecular flexibility index (Phi) is 3.41. The molecule has 0 saturated heterocycles. The van der Waals surface area contributed by atoms with E-state index in [9.17, 15) is 9.90 Å². The first-order valence-electron chi connectivity index (χ1n) is 6.56. The van der Waals surface area contributed by atoms with Gasteiger partial charge in [-0.1, -0.05) is 11.6 Å². The molecule has 1 heterocycles. The van der Waals surface area contributed by atoms with Gasteiger partial charge in [0, 0.05) is 28.0 Å². The van der Waals surface area contributed by atoms with Gasteiger partial charge in [-0.15, -0.1) is 0 Å². The van der Waals surface area contributed by atoms with E-state index in [1.807, 2.05) is 6.07 Å². The number of halogens is 1. The molecule has 0 spiro atoms. The summed E-state index contributed by atoms with van der Waals surface area (Å²) in [6, 6.07) is 6.77. The summed E-state index contributed by atoms with van der Waals surface area (Å²) >= 11 is 5.92. The van der Waals surface area contributed by atoms with Crippen LogP contribution in [0.5, 0.6) is 0 Å². The van der Waals surface area contributed by atoms with Crippen LogP contribution in [0.4, 0.5) is 0 Å². The molecule has 106 valence electrons. The number of carbonyl (C=O) groups excluding carboxylic acids is 1. The number of hydrogen-bond donors (Lipinski definition) is 4. The molecule has 2 aromatic rings. The molecule has 0 bridgehead atoms. The monoisotopic (exact) mass is 293 g/mol. The summed E-state index contributed by atoms with van der Waals surface area (Å²) in [5, 5.41) is 13.9. The van der Waals surface area contributed by atoms with Gasteiger partial charge in [-0.2, -0.15) is 0 Å². The van der Waals surface area contributed by atoms with Crippen molar-refractivity contribution in [1.82, 2.24) is 10.3 Å². The largest absolute Gasteiger partial charge is 0.393 e. The predicted molar refractivity (Wildman–Crippen MR) is 77.8 cm³/mol. The number of benzene rings is 1. The van der Waals surface area contributed by atoms with Gasteiger partial charge in [0.05, 0.1) is 6.10 Å². The van der Waals surface area contributed by atoms with E-state index < -0.39 is 6.10 Å². The standard InChI is InChI=1S/C14H16ClN3O2/c15-8-1-2-11-7(3-8)4-13(17-11)14(20)18-12-6-9(19)5-10(12)16/h1-4,9-10,12,17,19H,5-6,16H2,(H,18,20)/t9?,10-,12-/m1/s1. The first-order valence-corrected chi connectivity index (χ1v) is 6.93. The molecule has 1 saturated carbocycles. The summed E-state index contributed by atoms with van der Waals surface area (Å²) in [4.78, 5) is 15.2. The minimum Gasteiger partial charge on any atom is -0.393 e. The van der Waals surface area contributed by atoms with E-state index in [0.717, 1.165) is 10.9 Å². The van der Waals surface area contributed by atoms with Gasteiger partial charge in [0.2, 0.25) is 0 Å². The normalized spacial score (nSPS) is 26.1. The minimum atomic E-state index is -0.433. The first-order chi connectivity index (χ1) is 9.52. The molecule has 5 N–H and O–H groups in total. The number of carbonyl (C=O) groups is 1. The number of fused-ring (bicyclic) bond motifs is 1. The molecule has 1 aromatic carbocycles. The minimum absolute atomic E-state index is 0.187. The fraction of sp³-hybridized carbons (Fsp3) is 0.357. The number of H-pyrrole nitrogens is 1. The van der Waals surface area contributed by atoms with E-state index in [0.29, 0.717) is 23.6 Å². The van der Waals surface area contributed by atoms with Crippen molar-refractivity contribution in [3.63, 3.8) is 0 Å². The zero-order chi connectivity index (χ0) is 14.3. The molecular weight excluding hydrogens is 278 g/mol. The second-order valence-electron chi connectivity index (χ2n) is 5.28. The molecule has 3 rings (SSSR count). The van der Waals surface area contributed by atoms with E-state index in [1.54, 1.807) is 18.2 Å². The van der Waals surface area contributed by atoms with Crippen LogP contribution in [0.25, 0.3) is 10.9 Å². The molecule has 1 unspecified atom stereocenters. The highest BCUT2D eigenvalue weighted by Gasteiger charge is 2.32. The number of aliphatic hydroxyl groups is 1. The third kappa shape index (κ3) is 2.52. The maximum Gasteiger partial charge on any atom is 0.268 e. The van der Waals surface area contributed by atoms with E-state index >= 15 is 0 Å². The van der Waals surface area contributed by atoms with Gasteiger partial charge in [-0.25, -0.2) is 0 Å². The smallest absolute Gasteiger partial charge is 0.268 e. The Balaban J connectivity index is 1.78. The highest BCUT2D eigenvalue weighted by Crippen LogP contribution is 2.21. The molecule has 1 aromatic heterocycles. The molecule has 1 aliphatic rings. The van der Waals surface area contributed by atoms with Gasteiger partial charge in [0.15, 0.2) is 0 Å². The lowest BCUT2D eigenvalue weighted by Crippen LogP contribution is -2.44. The third-order valence-corrected chi connectivity index (χ3v) is 3.97. The van der Waals surface area contributed by atoms with Crippen molar-refractivity contribution in [2.24, 2.45) is 5.73 Å². The lowest BCUT2D eigenvalue weighted by atomic mass is 10.2. The van der Waals surface area contributed by atoms with E-state index in [1.165, 1.54) is 0 Å².